The van der Waals surface area contributed by atoms with Gasteiger partial charge in [-0.15, -0.1) is 0 Å². The van der Waals surface area contributed by atoms with Gasteiger partial charge in [0.15, 0.2) is 0 Å². The van der Waals surface area contributed by atoms with Crippen molar-refractivity contribution in [3.8, 4) is 0 Å². The molecular weight excluding hydrogens is 262 g/mol. The number of hydrogen-bond acceptors (Lipinski definition) is 2. The van der Waals surface area contributed by atoms with Crippen LogP contribution in [-0.4, -0.2) is 23.3 Å². The molecule has 0 N–H and O–H groups in total. The van der Waals surface area contributed by atoms with Crippen molar-refractivity contribution in [3.63, 3.8) is 0 Å². The van der Waals surface area contributed by atoms with Crippen molar-refractivity contribution < 1.29 is 9.59 Å². The van der Waals surface area contributed by atoms with Crippen LogP contribution in [0.5, 0.6) is 0 Å². The number of amides is 2. The summed E-state index contributed by atoms with van der Waals surface area (Å²) in [6.45, 7) is 6.41. The molecule has 0 saturated heterocycles. The van der Waals surface area contributed by atoms with Crippen LogP contribution < -0.4 is 0 Å². The van der Waals surface area contributed by atoms with Crippen molar-refractivity contribution in [2.45, 2.75) is 46.5 Å². The largest absolute Gasteiger partial charge is 0.275 e. The average molecular weight is 287 g/mol. The topological polar surface area (TPSA) is 37.4 Å². The molecule has 0 aromatic rings. The Labute approximate surface area is 127 Å². The fraction of sp³-hybridized carbons (Fsp3) is 0.667. The zero-order chi connectivity index (χ0) is 15.1. The average Bonchev–Trinajstić information content (AvgIpc) is 3.14. The third-order valence-corrected chi connectivity index (χ3v) is 5.80. The zero-order valence-electron chi connectivity index (χ0n) is 13.3. The van der Waals surface area contributed by atoms with Crippen molar-refractivity contribution in [3.05, 3.63) is 23.3 Å². The molecule has 1 fully saturated rings. The molecule has 1 aliphatic heterocycles. The van der Waals surface area contributed by atoms with Crippen molar-refractivity contribution in [2.24, 2.45) is 23.7 Å². The van der Waals surface area contributed by atoms with Gasteiger partial charge < -0.3 is 0 Å². The maximum atomic E-state index is 12.0. The van der Waals surface area contributed by atoms with Crippen LogP contribution in [0.4, 0.5) is 0 Å². The van der Waals surface area contributed by atoms with Gasteiger partial charge in [0.05, 0.1) is 0 Å². The van der Waals surface area contributed by atoms with Gasteiger partial charge in [0.1, 0.15) is 0 Å². The maximum Gasteiger partial charge on any atom is 0.256 e. The van der Waals surface area contributed by atoms with Gasteiger partial charge in [-0.05, 0) is 63.2 Å². The second-order valence-corrected chi connectivity index (χ2v) is 7.08. The Morgan fingerprint density at radius 1 is 1.14 bits per heavy atom. The van der Waals surface area contributed by atoms with E-state index >= 15 is 0 Å². The van der Waals surface area contributed by atoms with Crippen molar-refractivity contribution in [1.29, 1.82) is 0 Å². The molecule has 21 heavy (non-hydrogen) atoms. The highest BCUT2D eigenvalue weighted by molar-refractivity contribution is 6.18. The van der Waals surface area contributed by atoms with Crippen LogP contribution in [-0.2, 0) is 9.59 Å². The number of allylic oxidation sites excluding steroid dienone is 2. The Morgan fingerprint density at radius 3 is 2.33 bits per heavy atom. The Bertz CT molecular complexity index is 507. The summed E-state index contributed by atoms with van der Waals surface area (Å²) in [6, 6.07) is 0. The summed E-state index contributed by atoms with van der Waals surface area (Å²) in [5.41, 5.74) is 1.23. The highest BCUT2D eigenvalue weighted by atomic mass is 16.2. The molecule has 0 aromatic carbocycles. The molecule has 2 bridgehead atoms. The monoisotopic (exact) mass is 287 g/mol. The van der Waals surface area contributed by atoms with Crippen LogP contribution in [0.2, 0.25) is 0 Å². The number of rotatable bonds is 5. The quantitative estimate of drug-likeness (QED) is 0.574. The van der Waals surface area contributed by atoms with E-state index in [-0.39, 0.29) is 11.8 Å². The number of hydrogen-bond donors (Lipinski definition) is 0. The standard InChI is InChI=1S/C18H25NO2/c1-11(16-10-14-6-7-15(16)9-14)5-4-8-19-17(20)12(2)13(3)18(19)21/h6-7,11,14-16H,4-5,8-10H2,1-3H3. The van der Waals surface area contributed by atoms with Gasteiger partial charge in [0.25, 0.3) is 11.8 Å². The van der Waals surface area contributed by atoms with Crippen LogP contribution in [0.25, 0.3) is 0 Å². The lowest BCUT2D eigenvalue weighted by atomic mass is 9.81. The van der Waals surface area contributed by atoms with Gasteiger partial charge in [-0.25, -0.2) is 0 Å². The third-order valence-electron chi connectivity index (χ3n) is 5.80. The highest BCUT2D eigenvalue weighted by Gasteiger charge is 2.38. The van der Waals surface area contributed by atoms with Gasteiger partial charge in [0, 0.05) is 17.7 Å². The second kappa shape index (κ2) is 5.43. The van der Waals surface area contributed by atoms with Gasteiger partial charge in [0.2, 0.25) is 0 Å². The van der Waals surface area contributed by atoms with E-state index in [0.717, 1.165) is 30.6 Å². The molecule has 3 heteroatoms. The van der Waals surface area contributed by atoms with Crippen LogP contribution in [0.3, 0.4) is 0 Å². The SMILES string of the molecule is CC1=C(C)C(=O)N(CCCC(C)C2CC3C=CC2C3)C1=O. The number of imide groups is 1. The van der Waals surface area contributed by atoms with E-state index in [0.29, 0.717) is 23.6 Å². The van der Waals surface area contributed by atoms with Crippen LogP contribution in [0, 0.1) is 23.7 Å². The van der Waals surface area contributed by atoms with Crippen molar-refractivity contribution in [1.82, 2.24) is 4.90 Å². The number of nitrogens with zero attached hydrogens (tertiary/aromatic N) is 1. The summed E-state index contributed by atoms with van der Waals surface area (Å²) in [5, 5.41) is 0. The minimum absolute atomic E-state index is 0.0898. The molecule has 114 valence electrons. The number of carbonyl (C=O) groups is 2. The predicted octanol–water partition coefficient (Wildman–Crippen LogP) is 3.32. The normalized spacial score (nSPS) is 32.7. The Balaban J connectivity index is 1.48. The van der Waals surface area contributed by atoms with E-state index < -0.39 is 0 Å². The van der Waals surface area contributed by atoms with Crippen LogP contribution in [0.1, 0.15) is 46.5 Å². The summed E-state index contributed by atoms with van der Waals surface area (Å²) in [5.74, 6) is 2.92. The van der Waals surface area contributed by atoms with E-state index in [9.17, 15) is 9.59 Å². The van der Waals surface area contributed by atoms with Gasteiger partial charge in [-0.2, -0.15) is 0 Å². The van der Waals surface area contributed by atoms with Crippen molar-refractivity contribution in [2.75, 3.05) is 6.54 Å². The molecule has 3 aliphatic rings. The Kier molecular flexibility index (Phi) is 3.76. The molecule has 2 aliphatic carbocycles. The number of fused-ring (bicyclic) bond motifs is 2. The molecule has 1 saturated carbocycles. The predicted molar refractivity (Wildman–Crippen MR) is 82.3 cm³/mol. The Hall–Kier alpha value is -1.38. The van der Waals surface area contributed by atoms with E-state index in [1.807, 2.05) is 0 Å². The summed E-state index contributed by atoms with van der Waals surface area (Å²) < 4.78 is 0. The molecule has 4 atom stereocenters. The van der Waals surface area contributed by atoms with Gasteiger partial charge >= 0.3 is 0 Å². The first kappa shape index (κ1) is 14.6. The number of carbonyl (C=O) groups excluding carboxylic acids is 2. The first-order valence-electron chi connectivity index (χ1n) is 8.21. The van der Waals surface area contributed by atoms with E-state index in [2.05, 4.69) is 19.1 Å². The van der Waals surface area contributed by atoms with E-state index in [1.54, 1.807) is 13.8 Å². The summed E-state index contributed by atoms with van der Waals surface area (Å²) in [7, 11) is 0. The van der Waals surface area contributed by atoms with Crippen LogP contribution >= 0.6 is 0 Å². The zero-order valence-corrected chi connectivity index (χ0v) is 13.3. The molecule has 0 spiro atoms. The first-order chi connectivity index (χ1) is 9.99. The van der Waals surface area contributed by atoms with E-state index in [1.165, 1.54) is 17.7 Å². The fourth-order valence-corrected chi connectivity index (χ4v) is 4.28. The first-order valence-corrected chi connectivity index (χ1v) is 8.21. The lowest BCUT2D eigenvalue weighted by Crippen LogP contribution is -2.32. The molecule has 2 amide bonds. The molecular formula is C18H25NO2. The second-order valence-electron chi connectivity index (χ2n) is 7.08. The Morgan fingerprint density at radius 2 is 1.81 bits per heavy atom. The summed E-state index contributed by atoms with van der Waals surface area (Å²) in [4.78, 5) is 25.4. The minimum Gasteiger partial charge on any atom is -0.275 e. The molecule has 1 heterocycles. The lowest BCUT2D eigenvalue weighted by Gasteiger charge is -2.26. The molecule has 4 unspecified atom stereocenters. The van der Waals surface area contributed by atoms with Gasteiger partial charge in [-0.1, -0.05) is 19.1 Å². The molecule has 3 rings (SSSR count). The fourth-order valence-electron chi connectivity index (χ4n) is 4.28. The minimum atomic E-state index is -0.0898. The summed E-state index contributed by atoms with van der Waals surface area (Å²) in [6.07, 6.45) is 9.50. The lowest BCUT2D eigenvalue weighted by molar-refractivity contribution is -0.137. The van der Waals surface area contributed by atoms with Crippen molar-refractivity contribution >= 4 is 11.8 Å². The summed E-state index contributed by atoms with van der Waals surface area (Å²) >= 11 is 0. The molecule has 0 aromatic heterocycles. The highest BCUT2D eigenvalue weighted by Crippen LogP contribution is 2.47. The van der Waals surface area contributed by atoms with Crippen LogP contribution in [0.15, 0.2) is 23.3 Å². The van der Waals surface area contributed by atoms with E-state index in [4.69, 9.17) is 0 Å². The molecule has 3 nitrogen and oxygen atoms in total. The van der Waals surface area contributed by atoms with Gasteiger partial charge in [-0.3, -0.25) is 14.5 Å². The smallest absolute Gasteiger partial charge is 0.256 e. The molecule has 0 radical (unpaired) electrons. The maximum absolute atomic E-state index is 12.0. The third kappa shape index (κ3) is 2.47.